The highest BCUT2D eigenvalue weighted by Crippen LogP contribution is 2.25. The third kappa shape index (κ3) is 4.37. The molecule has 0 radical (unpaired) electrons. The van der Waals surface area contributed by atoms with Crippen LogP contribution < -0.4 is 9.47 Å². The minimum atomic E-state index is -2.99. The third-order valence-electron chi connectivity index (χ3n) is 4.25. The molecule has 128 valence electrons. The van der Waals surface area contributed by atoms with E-state index in [2.05, 4.69) is 0 Å². The molecule has 1 atom stereocenters. The van der Waals surface area contributed by atoms with Gasteiger partial charge >= 0.3 is 0 Å². The van der Waals surface area contributed by atoms with Crippen molar-refractivity contribution in [3.63, 3.8) is 0 Å². The summed E-state index contributed by atoms with van der Waals surface area (Å²) in [7, 11) is 1.86. The highest BCUT2D eigenvalue weighted by molar-refractivity contribution is 7.91. The molecular formula is C16H23NO5S. The highest BCUT2D eigenvalue weighted by Gasteiger charge is 2.32. The lowest BCUT2D eigenvalue weighted by molar-refractivity contribution is -0.131. The van der Waals surface area contributed by atoms with E-state index >= 15 is 0 Å². The first-order chi connectivity index (χ1) is 10.9. The zero-order valence-corrected chi connectivity index (χ0v) is 14.6. The molecule has 0 bridgehead atoms. The quantitative estimate of drug-likeness (QED) is 0.779. The molecule has 1 unspecified atom stereocenters. The molecule has 7 heteroatoms. The molecular weight excluding hydrogens is 318 g/mol. The number of hydrogen-bond donors (Lipinski definition) is 0. The van der Waals surface area contributed by atoms with Gasteiger partial charge in [0.1, 0.15) is 11.5 Å². The molecule has 0 aromatic heterocycles. The molecule has 23 heavy (non-hydrogen) atoms. The maximum absolute atomic E-state index is 12.3. The molecule has 0 saturated carbocycles. The van der Waals surface area contributed by atoms with Gasteiger partial charge in [0, 0.05) is 19.5 Å². The second-order valence-electron chi connectivity index (χ2n) is 5.74. The number of sulfone groups is 1. The van der Waals surface area contributed by atoms with Gasteiger partial charge in [-0.3, -0.25) is 4.79 Å². The van der Waals surface area contributed by atoms with Gasteiger partial charge in [-0.25, -0.2) is 8.42 Å². The van der Waals surface area contributed by atoms with Gasteiger partial charge in [0.05, 0.1) is 25.7 Å². The fourth-order valence-electron chi connectivity index (χ4n) is 2.78. The van der Waals surface area contributed by atoms with Gasteiger partial charge < -0.3 is 14.4 Å². The second-order valence-corrected chi connectivity index (χ2v) is 7.97. The topological polar surface area (TPSA) is 72.9 Å². The first-order valence-electron chi connectivity index (χ1n) is 7.53. The number of hydrogen-bond acceptors (Lipinski definition) is 5. The Morgan fingerprint density at radius 3 is 2.61 bits per heavy atom. The van der Waals surface area contributed by atoms with Crippen LogP contribution in [0.25, 0.3) is 0 Å². The molecule has 0 N–H and O–H groups in total. The molecule has 1 saturated heterocycles. The Bertz CT molecular complexity index is 671. The predicted octanol–water partition coefficient (Wildman–Crippen LogP) is 1.28. The number of ether oxygens (including phenoxy) is 2. The normalized spacial score (nSPS) is 19.3. The highest BCUT2D eigenvalue weighted by atomic mass is 32.2. The average Bonchev–Trinajstić information content (AvgIpc) is 2.91. The number of carbonyl (C=O) groups is 1. The maximum atomic E-state index is 12.3. The number of nitrogens with zero attached hydrogens (tertiary/aromatic N) is 1. The molecule has 1 aliphatic rings. The van der Waals surface area contributed by atoms with Gasteiger partial charge in [0.25, 0.3) is 0 Å². The molecule has 1 fully saturated rings. The minimum absolute atomic E-state index is 0.0584. The Balaban J connectivity index is 1.99. The van der Waals surface area contributed by atoms with Crippen LogP contribution in [0, 0.1) is 0 Å². The van der Waals surface area contributed by atoms with E-state index in [-0.39, 0.29) is 23.5 Å². The van der Waals surface area contributed by atoms with Gasteiger partial charge in [0.15, 0.2) is 9.84 Å². The lowest BCUT2D eigenvalue weighted by atomic mass is 10.1. The molecule has 2 rings (SSSR count). The lowest BCUT2D eigenvalue weighted by Gasteiger charge is -2.23. The Morgan fingerprint density at radius 1 is 1.30 bits per heavy atom. The summed E-state index contributed by atoms with van der Waals surface area (Å²) < 4.78 is 33.6. The van der Waals surface area contributed by atoms with E-state index in [4.69, 9.17) is 9.47 Å². The van der Waals surface area contributed by atoms with Crippen molar-refractivity contribution in [2.45, 2.75) is 25.3 Å². The van der Waals surface area contributed by atoms with Crippen molar-refractivity contribution >= 4 is 15.7 Å². The summed E-state index contributed by atoms with van der Waals surface area (Å²) in [6.07, 6.45) is 1.34. The van der Waals surface area contributed by atoms with E-state index < -0.39 is 9.84 Å². The average molecular weight is 341 g/mol. The van der Waals surface area contributed by atoms with Crippen molar-refractivity contribution in [1.29, 1.82) is 0 Å². The fraction of sp³-hybridized carbons (Fsp3) is 0.562. The Labute approximate surface area is 137 Å². The van der Waals surface area contributed by atoms with Crippen LogP contribution in [0.5, 0.6) is 11.5 Å². The van der Waals surface area contributed by atoms with Gasteiger partial charge in [-0.2, -0.15) is 0 Å². The molecule has 1 aromatic carbocycles. The van der Waals surface area contributed by atoms with E-state index in [9.17, 15) is 13.2 Å². The van der Waals surface area contributed by atoms with E-state index in [0.29, 0.717) is 30.8 Å². The largest absolute Gasteiger partial charge is 0.497 e. The summed E-state index contributed by atoms with van der Waals surface area (Å²) in [6, 6.07) is 5.26. The van der Waals surface area contributed by atoms with Crippen molar-refractivity contribution in [3.05, 3.63) is 23.8 Å². The van der Waals surface area contributed by atoms with Crippen LogP contribution in [0.15, 0.2) is 18.2 Å². The van der Waals surface area contributed by atoms with Crippen molar-refractivity contribution in [2.75, 3.05) is 32.8 Å². The Hall–Kier alpha value is -1.76. The number of carbonyl (C=O) groups excluding carboxylic acids is 1. The van der Waals surface area contributed by atoms with Gasteiger partial charge in [-0.15, -0.1) is 0 Å². The molecule has 0 spiro atoms. The summed E-state index contributed by atoms with van der Waals surface area (Å²) >= 11 is 0. The zero-order valence-electron chi connectivity index (χ0n) is 13.7. The molecule has 1 aromatic rings. The number of rotatable bonds is 6. The minimum Gasteiger partial charge on any atom is -0.497 e. The van der Waals surface area contributed by atoms with Crippen LogP contribution in [0.1, 0.15) is 18.4 Å². The summed E-state index contributed by atoms with van der Waals surface area (Å²) in [5.74, 6) is 1.60. The molecule has 0 aliphatic carbocycles. The van der Waals surface area contributed by atoms with Gasteiger partial charge in [-0.1, -0.05) is 0 Å². The first kappa shape index (κ1) is 17.6. The van der Waals surface area contributed by atoms with Gasteiger partial charge in [0.2, 0.25) is 5.91 Å². The van der Waals surface area contributed by atoms with Gasteiger partial charge in [-0.05, 0) is 36.6 Å². The van der Waals surface area contributed by atoms with Crippen LogP contribution in [0.2, 0.25) is 0 Å². The van der Waals surface area contributed by atoms with Crippen LogP contribution in [0.3, 0.4) is 0 Å². The number of methoxy groups -OCH3 is 2. The van der Waals surface area contributed by atoms with Crippen molar-refractivity contribution in [1.82, 2.24) is 4.90 Å². The molecule has 6 nitrogen and oxygen atoms in total. The monoisotopic (exact) mass is 341 g/mol. The standard InChI is InChI=1S/C16H23NO5S/c1-17(13-8-9-23(19,20)11-13)16(18)7-4-12-10-14(21-2)5-6-15(12)22-3/h5-6,10,13H,4,7-9,11H2,1-3H3. The van der Waals surface area contributed by atoms with Crippen LogP contribution in [-0.2, 0) is 21.1 Å². The molecule has 1 amide bonds. The van der Waals surface area contributed by atoms with Crippen molar-refractivity contribution < 1.29 is 22.7 Å². The maximum Gasteiger partial charge on any atom is 0.222 e. The van der Waals surface area contributed by atoms with Crippen LogP contribution in [0.4, 0.5) is 0 Å². The molecule has 1 heterocycles. The van der Waals surface area contributed by atoms with Crippen LogP contribution >= 0.6 is 0 Å². The summed E-state index contributed by atoms with van der Waals surface area (Å²) in [4.78, 5) is 13.9. The van der Waals surface area contributed by atoms with Crippen molar-refractivity contribution in [3.8, 4) is 11.5 Å². The lowest BCUT2D eigenvalue weighted by Crippen LogP contribution is -2.37. The number of amides is 1. The number of benzene rings is 1. The van der Waals surface area contributed by atoms with Crippen molar-refractivity contribution in [2.24, 2.45) is 0 Å². The smallest absolute Gasteiger partial charge is 0.222 e. The fourth-order valence-corrected chi connectivity index (χ4v) is 4.55. The zero-order chi connectivity index (χ0) is 17.0. The molecule has 1 aliphatic heterocycles. The third-order valence-corrected chi connectivity index (χ3v) is 6.00. The van der Waals surface area contributed by atoms with E-state index in [1.165, 1.54) is 0 Å². The van der Waals surface area contributed by atoms with E-state index in [1.807, 2.05) is 12.1 Å². The SMILES string of the molecule is COc1ccc(OC)c(CCC(=O)N(C)C2CCS(=O)(=O)C2)c1. The Kier molecular flexibility index (Phi) is 5.51. The van der Waals surface area contributed by atoms with E-state index in [0.717, 1.165) is 5.56 Å². The summed E-state index contributed by atoms with van der Waals surface area (Å²) in [5, 5.41) is 0. The first-order valence-corrected chi connectivity index (χ1v) is 9.35. The summed E-state index contributed by atoms with van der Waals surface area (Å²) in [5.41, 5.74) is 0.896. The predicted molar refractivity (Wildman–Crippen MR) is 87.7 cm³/mol. The Morgan fingerprint density at radius 2 is 2.04 bits per heavy atom. The summed E-state index contributed by atoms with van der Waals surface area (Å²) in [6.45, 7) is 0. The number of aryl methyl sites for hydroxylation is 1. The second kappa shape index (κ2) is 7.21. The van der Waals surface area contributed by atoms with E-state index in [1.54, 1.807) is 32.2 Å². The van der Waals surface area contributed by atoms with Crippen LogP contribution in [-0.4, -0.2) is 58.0 Å².